The Morgan fingerprint density at radius 3 is 2.65 bits per heavy atom. The molecule has 0 radical (unpaired) electrons. The van der Waals surface area contributed by atoms with E-state index in [1.165, 1.54) is 11.8 Å². The summed E-state index contributed by atoms with van der Waals surface area (Å²) in [5.74, 6) is 0.228. The van der Waals surface area contributed by atoms with Crippen molar-refractivity contribution in [3.63, 3.8) is 0 Å². The number of ether oxygens (including phenoxy) is 1. The van der Waals surface area contributed by atoms with Crippen molar-refractivity contribution in [2.75, 3.05) is 17.6 Å². The first kappa shape index (κ1) is 17.0. The quantitative estimate of drug-likeness (QED) is 0.638. The molecular weight excluding hydrogens is 300 g/mol. The van der Waals surface area contributed by atoms with Gasteiger partial charge in [-0.1, -0.05) is 18.7 Å². The molecule has 0 saturated heterocycles. The molecule has 0 aliphatic rings. The molecule has 1 aromatic heterocycles. The fourth-order valence-corrected chi connectivity index (χ4v) is 2.02. The molecule has 0 unspecified atom stereocenters. The summed E-state index contributed by atoms with van der Waals surface area (Å²) in [5.41, 5.74) is -0.498. The summed E-state index contributed by atoms with van der Waals surface area (Å²) in [6.45, 7) is 8.25. The van der Waals surface area contributed by atoms with Crippen LogP contribution >= 0.6 is 23.4 Å². The van der Waals surface area contributed by atoms with E-state index in [1.807, 2.05) is 27.7 Å². The third-order valence-electron chi connectivity index (χ3n) is 1.86. The van der Waals surface area contributed by atoms with Crippen molar-refractivity contribution in [2.45, 2.75) is 44.9 Å². The molecule has 112 valence electrons. The molecule has 6 nitrogen and oxygen atoms in total. The van der Waals surface area contributed by atoms with Crippen LogP contribution in [0.25, 0.3) is 0 Å². The lowest BCUT2D eigenvalue weighted by molar-refractivity contribution is -0.151. The Labute approximate surface area is 128 Å². The third-order valence-corrected chi connectivity index (χ3v) is 2.85. The van der Waals surface area contributed by atoms with Crippen LogP contribution in [0.3, 0.4) is 0 Å². The Morgan fingerprint density at radius 1 is 1.35 bits per heavy atom. The van der Waals surface area contributed by atoms with E-state index in [4.69, 9.17) is 16.3 Å². The van der Waals surface area contributed by atoms with Crippen molar-refractivity contribution in [1.82, 2.24) is 15.0 Å². The van der Waals surface area contributed by atoms with E-state index >= 15 is 0 Å². The molecule has 0 atom stereocenters. The van der Waals surface area contributed by atoms with Crippen LogP contribution in [0.4, 0.5) is 5.95 Å². The number of carbonyl (C=O) groups is 1. The zero-order valence-corrected chi connectivity index (χ0v) is 13.6. The lowest BCUT2D eigenvalue weighted by Gasteiger charge is -2.19. The highest BCUT2D eigenvalue weighted by atomic mass is 35.5. The van der Waals surface area contributed by atoms with Gasteiger partial charge in [0, 0.05) is 6.54 Å². The largest absolute Gasteiger partial charge is 0.459 e. The van der Waals surface area contributed by atoms with Gasteiger partial charge in [-0.2, -0.15) is 15.0 Å². The zero-order chi connectivity index (χ0) is 15.2. The number of aromatic nitrogens is 3. The van der Waals surface area contributed by atoms with Crippen LogP contribution in [0.2, 0.25) is 5.28 Å². The average molecular weight is 319 g/mol. The minimum atomic E-state index is -0.498. The lowest BCUT2D eigenvalue weighted by Crippen LogP contribution is -2.25. The SMILES string of the molecule is CCCNc1nc(Cl)nc(SCC(=O)OC(C)(C)C)n1. The predicted molar refractivity (Wildman–Crippen MR) is 80.2 cm³/mol. The summed E-state index contributed by atoms with van der Waals surface area (Å²) >= 11 is 6.99. The minimum Gasteiger partial charge on any atom is -0.459 e. The third kappa shape index (κ3) is 6.91. The van der Waals surface area contributed by atoms with Crippen molar-refractivity contribution < 1.29 is 9.53 Å². The predicted octanol–water partition coefficient (Wildman–Crippen LogP) is 2.78. The molecular formula is C12H19ClN4O2S. The molecule has 0 aliphatic heterocycles. The van der Waals surface area contributed by atoms with Crippen molar-refractivity contribution in [1.29, 1.82) is 0 Å². The van der Waals surface area contributed by atoms with Crippen LogP contribution in [0.1, 0.15) is 34.1 Å². The number of carbonyl (C=O) groups excluding carboxylic acids is 1. The van der Waals surface area contributed by atoms with Crippen LogP contribution in [-0.4, -0.2) is 38.8 Å². The minimum absolute atomic E-state index is 0.102. The van der Waals surface area contributed by atoms with Crippen molar-refractivity contribution >= 4 is 35.3 Å². The van der Waals surface area contributed by atoms with Crippen LogP contribution in [0.5, 0.6) is 0 Å². The smallest absolute Gasteiger partial charge is 0.316 e. The molecule has 0 aromatic carbocycles. The molecule has 20 heavy (non-hydrogen) atoms. The molecule has 0 bridgehead atoms. The van der Waals surface area contributed by atoms with Crippen LogP contribution in [0.15, 0.2) is 5.16 Å². The maximum atomic E-state index is 11.6. The Bertz CT molecular complexity index is 465. The summed E-state index contributed by atoms with van der Waals surface area (Å²) in [6.07, 6.45) is 0.948. The summed E-state index contributed by atoms with van der Waals surface area (Å²) in [5, 5.41) is 3.53. The number of nitrogens with one attached hydrogen (secondary N) is 1. The second-order valence-corrected chi connectivity index (χ2v) is 6.29. The van der Waals surface area contributed by atoms with E-state index in [9.17, 15) is 4.79 Å². The van der Waals surface area contributed by atoms with Gasteiger partial charge < -0.3 is 10.1 Å². The van der Waals surface area contributed by atoms with Gasteiger partial charge in [-0.15, -0.1) is 0 Å². The molecule has 8 heteroatoms. The maximum Gasteiger partial charge on any atom is 0.316 e. The van der Waals surface area contributed by atoms with Crippen molar-refractivity contribution in [3.05, 3.63) is 5.28 Å². The number of anilines is 1. The second-order valence-electron chi connectivity index (χ2n) is 5.01. The van der Waals surface area contributed by atoms with E-state index in [0.29, 0.717) is 11.1 Å². The molecule has 0 amide bonds. The van der Waals surface area contributed by atoms with E-state index < -0.39 is 5.60 Å². The van der Waals surface area contributed by atoms with Gasteiger partial charge in [0.15, 0.2) is 5.16 Å². The average Bonchev–Trinajstić information content (AvgIpc) is 2.31. The first-order valence-electron chi connectivity index (χ1n) is 6.30. The highest BCUT2D eigenvalue weighted by Gasteiger charge is 2.17. The summed E-state index contributed by atoms with van der Waals surface area (Å²) in [7, 11) is 0. The molecule has 1 N–H and O–H groups in total. The van der Waals surface area contributed by atoms with Gasteiger partial charge in [0.2, 0.25) is 11.2 Å². The topological polar surface area (TPSA) is 77.0 Å². The fourth-order valence-electron chi connectivity index (χ4n) is 1.21. The maximum absolute atomic E-state index is 11.6. The normalized spacial score (nSPS) is 11.2. The van der Waals surface area contributed by atoms with Gasteiger partial charge in [-0.05, 0) is 38.8 Å². The molecule has 0 aliphatic carbocycles. The molecule has 0 fully saturated rings. The van der Waals surface area contributed by atoms with Crippen molar-refractivity contribution in [3.8, 4) is 0 Å². The zero-order valence-electron chi connectivity index (χ0n) is 12.1. The number of esters is 1. The number of rotatable bonds is 6. The standard InChI is InChI=1S/C12H19ClN4O2S/c1-5-6-14-10-15-9(13)16-11(17-10)20-7-8(18)19-12(2,3)4/h5-7H2,1-4H3,(H,14,15,16,17). The van der Waals surface area contributed by atoms with E-state index in [0.717, 1.165) is 13.0 Å². The van der Waals surface area contributed by atoms with Gasteiger partial charge in [0.1, 0.15) is 5.60 Å². The van der Waals surface area contributed by atoms with Gasteiger partial charge in [0.05, 0.1) is 5.75 Å². The van der Waals surface area contributed by atoms with Gasteiger partial charge in [0.25, 0.3) is 0 Å². The number of halogens is 1. The summed E-state index contributed by atoms with van der Waals surface area (Å²) in [4.78, 5) is 23.7. The summed E-state index contributed by atoms with van der Waals surface area (Å²) < 4.78 is 5.21. The molecule has 0 spiro atoms. The molecule has 1 aromatic rings. The van der Waals surface area contributed by atoms with E-state index in [-0.39, 0.29) is 17.0 Å². The Balaban J connectivity index is 2.59. The first-order valence-corrected chi connectivity index (χ1v) is 7.66. The molecule has 1 heterocycles. The summed E-state index contributed by atoms with van der Waals surface area (Å²) in [6, 6.07) is 0. The number of nitrogens with zero attached hydrogens (tertiary/aromatic N) is 3. The number of hydrogen-bond acceptors (Lipinski definition) is 7. The Morgan fingerprint density at radius 2 is 2.05 bits per heavy atom. The van der Waals surface area contributed by atoms with Gasteiger partial charge >= 0.3 is 5.97 Å². The highest BCUT2D eigenvalue weighted by molar-refractivity contribution is 7.99. The number of thioether (sulfide) groups is 1. The molecule has 1 rings (SSSR count). The number of hydrogen-bond donors (Lipinski definition) is 1. The lowest BCUT2D eigenvalue weighted by atomic mass is 10.2. The Kier molecular flexibility index (Phi) is 6.48. The monoisotopic (exact) mass is 318 g/mol. The van der Waals surface area contributed by atoms with Crippen LogP contribution in [0, 0.1) is 0 Å². The van der Waals surface area contributed by atoms with Gasteiger partial charge in [-0.3, -0.25) is 4.79 Å². The van der Waals surface area contributed by atoms with Gasteiger partial charge in [-0.25, -0.2) is 0 Å². The van der Waals surface area contributed by atoms with E-state index in [1.54, 1.807) is 0 Å². The Hall–Kier alpha value is -1.08. The van der Waals surface area contributed by atoms with Crippen LogP contribution in [-0.2, 0) is 9.53 Å². The highest BCUT2D eigenvalue weighted by Crippen LogP contribution is 2.18. The van der Waals surface area contributed by atoms with Crippen LogP contribution < -0.4 is 5.32 Å². The first-order chi connectivity index (χ1) is 9.30. The van der Waals surface area contributed by atoms with E-state index in [2.05, 4.69) is 20.3 Å². The fraction of sp³-hybridized carbons (Fsp3) is 0.667. The van der Waals surface area contributed by atoms with Crippen molar-refractivity contribution in [2.24, 2.45) is 0 Å². The second kappa shape index (κ2) is 7.64. The molecule has 0 saturated carbocycles.